The van der Waals surface area contributed by atoms with Gasteiger partial charge in [-0.1, -0.05) is 76.6 Å². The highest BCUT2D eigenvalue weighted by atomic mass is 79.9. The molecular weight excluding hydrogens is 372 g/mol. The van der Waals surface area contributed by atoms with E-state index in [1.54, 1.807) is 0 Å². The molecule has 1 heterocycles. The molecule has 2 nitrogen and oxygen atoms in total. The predicted molar refractivity (Wildman–Crippen MR) is 108 cm³/mol. The molecule has 0 amide bonds. The van der Waals surface area contributed by atoms with Gasteiger partial charge in [0.2, 0.25) is 0 Å². The van der Waals surface area contributed by atoms with Crippen LogP contribution in [0.5, 0.6) is 0 Å². The summed E-state index contributed by atoms with van der Waals surface area (Å²) in [5.41, 5.74) is 8.22. The summed E-state index contributed by atoms with van der Waals surface area (Å²) in [6, 6.07) is 22.6. The normalized spacial score (nSPS) is 11.0. The fourth-order valence-electron chi connectivity index (χ4n) is 3.00. The monoisotopic (exact) mass is 388 g/mol. The van der Waals surface area contributed by atoms with Crippen LogP contribution in [0, 0.1) is 13.8 Å². The van der Waals surface area contributed by atoms with Gasteiger partial charge in [-0.2, -0.15) is 0 Å². The fourth-order valence-corrected chi connectivity index (χ4v) is 3.52. The highest BCUT2D eigenvalue weighted by Crippen LogP contribution is 2.34. The van der Waals surface area contributed by atoms with Crippen LogP contribution in [-0.4, -0.2) is 9.97 Å². The Bertz CT molecular complexity index is 1060. The summed E-state index contributed by atoms with van der Waals surface area (Å²) in [5.74, 6) is 0. The molecule has 0 fully saturated rings. The Morgan fingerprint density at radius 1 is 0.680 bits per heavy atom. The van der Waals surface area contributed by atoms with E-state index in [1.165, 1.54) is 5.56 Å². The predicted octanol–water partition coefficient (Wildman–Crippen LogP) is 6.34. The van der Waals surface area contributed by atoms with Crippen LogP contribution in [0.15, 0.2) is 71.2 Å². The molecule has 4 rings (SSSR count). The Balaban J connectivity index is 2.10. The Hall–Kier alpha value is -2.52. The minimum absolute atomic E-state index is 0.911. The van der Waals surface area contributed by atoms with Crippen molar-refractivity contribution in [2.45, 2.75) is 13.8 Å². The number of halogens is 1. The number of aryl methyl sites for hydroxylation is 1. The number of rotatable bonds is 2. The highest BCUT2D eigenvalue weighted by Gasteiger charge is 2.15. The third-order valence-electron chi connectivity index (χ3n) is 4.56. The molecule has 0 radical (unpaired) electrons. The second-order valence-electron chi connectivity index (χ2n) is 6.13. The standard InChI is InChI=1S/C22H17BrN2/c1-14-15(2)20-19(13-18(14)23)24-21(16-9-5-3-6-10-16)22(25-20)17-11-7-4-8-12-17/h3-13H,1-2H3. The molecule has 0 bridgehead atoms. The third kappa shape index (κ3) is 2.85. The first kappa shape index (κ1) is 16.0. The van der Waals surface area contributed by atoms with Gasteiger partial charge in [-0.05, 0) is 31.0 Å². The molecule has 3 aromatic carbocycles. The summed E-state index contributed by atoms with van der Waals surface area (Å²) in [6.45, 7) is 4.21. The molecule has 3 heteroatoms. The molecule has 4 aromatic rings. The van der Waals surface area contributed by atoms with Gasteiger partial charge in [-0.15, -0.1) is 0 Å². The van der Waals surface area contributed by atoms with E-state index in [9.17, 15) is 0 Å². The molecule has 0 saturated carbocycles. The van der Waals surface area contributed by atoms with E-state index in [-0.39, 0.29) is 0 Å². The van der Waals surface area contributed by atoms with Crippen molar-refractivity contribution < 1.29 is 0 Å². The van der Waals surface area contributed by atoms with Gasteiger partial charge in [-0.25, -0.2) is 9.97 Å². The van der Waals surface area contributed by atoms with Crippen LogP contribution < -0.4 is 0 Å². The zero-order chi connectivity index (χ0) is 17.4. The first-order valence-electron chi connectivity index (χ1n) is 8.23. The smallest absolute Gasteiger partial charge is 0.0973 e. The lowest BCUT2D eigenvalue weighted by molar-refractivity contribution is 1.24. The Morgan fingerprint density at radius 2 is 1.20 bits per heavy atom. The van der Waals surface area contributed by atoms with Gasteiger partial charge in [0.25, 0.3) is 0 Å². The van der Waals surface area contributed by atoms with Crippen LogP contribution in [-0.2, 0) is 0 Å². The van der Waals surface area contributed by atoms with E-state index < -0.39 is 0 Å². The van der Waals surface area contributed by atoms with Crippen LogP contribution in [0.2, 0.25) is 0 Å². The number of hydrogen-bond acceptors (Lipinski definition) is 2. The lowest BCUT2D eigenvalue weighted by Gasteiger charge is -2.13. The summed E-state index contributed by atoms with van der Waals surface area (Å²) in [5, 5.41) is 0. The second-order valence-corrected chi connectivity index (χ2v) is 6.98. The first-order chi connectivity index (χ1) is 12.1. The van der Waals surface area contributed by atoms with Gasteiger partial charge < -0.3 is 0 Å². The summed E-state index contributed by atoms with van der Waals surface area (Å²) in [6.07, 6.45) is 0. The van der Waals surface area contributed by atoms with Crippen LogP contribution in [0.25, 0.3) is 33.5 Å². The summed E-state index contributed by atoms with van der Waals surface area (Å²) >= 11 is 3.64. The van der Waals surface area contributed by atoms with Crippen molar-refractivity contribution in [1.29, 1.82) is 0 Å². The number of benzene rings is 3. The molecule has 0 saturated heterocycles. The SMILES string of the molecule is Cc1c(Br)cc2nc(-c3ccccc3)c(-c3ccccc3)nc2c1C. The molecule has 25 heavy (non-hydrogen) atoms. The van der Waals surface area contributed by atoms with Crippen molar-refractivity contribution in [3.63, 3.8) is 0 Å². The largest absolute Gasteiger partial charge is 0.244 e. The zero-order valence-electron chi connectivity index (χ0n) is 14.1. The average molecular weight is 389 g/mol. The van der Waals surface area contributed by atoms with Crippen molar-refractivity contribution in [2.24, 2.45) is 0 Å². The number of hydrogen-bond donors (Lipinski definition) is 0. The van der Waals surface area contributed by atoms with E-state index in [4.69, 9.17) is 9.97 Å². The Kier molecular flexibility index (Phi) is 4.10. The summed E-state index contributed by atoms with van der Waals surface area (Å²) in [7, 11) is 0. The minimum atomic E-state index is 0.911. The topological polar surface area (TPSA) is 25.8 Å². The molecule has 0 aliphatic carbocycles. The molecule has 122 valence electrons. The average Bonchev–Trinajstić information content (AvgIpc) is 2.67. The van der Waals surface area contributed by atoms with Gasteiger partial charge in [0.05, 0.1) is 22.4 Å². The second kappa shape index (κ2) is 6.41. The summed E-state index contributed by atoms with van der Waals surface area (Å²) < 4.78 is 1.07. The van der Waals surface area contributed by atoms with Gasteiger partial charge in [-0.3, -0.25) is 0 Å². The van der Waals surface area contributed by atoms with Gasteiger partial charge in [0.15, 0.2) is 0 Å². The van der Waals surface area contributed by atoms with Crippen LogP contribution >= 0.6 is 15.9 Å². The quantitative estimate of drug-likeness (QED) is 0.400. The maximum atomic E-state index is 5.04. The molecule has 0 N–H and O–H groups in total. The van der Waals surface area contributed by atoms with E-state index in [0.29, 0.717) is 0 Å². The molecule has 0 aliphatic rings. The number of nitrogens with zero attached hydrogens (tertiary/aromatic N) is 2. The molecule has 0 spiro atoms. The van der Waals surface area contributed by atoms with Crippen molar-refractivity contribution in [3.05, 3.63) is 82.3 Å². The van der Waals surface area contributed by atoms with Gasteiger partial charge >= 0.3 is 0 Å². The molecule has 0 aliphatic heterocycles. The van der Waals surface area contributed by atoms with E-state index in [2.05, 4.69) is 60.1 Å². The lowest BCUT2D eigenvalue weighted by atomic mass is 10.0. The molecule has 0 atom stereocenters. The highest BCUT2D eigenvalue weighted by molar-refractivity contribution is 9.10. The van der Waals surface area contributed by atoms with Crippen LogP contribution in [0.3, 0.4) is 0 Å². The van der Waals surface area contributed by atoms with Crippen molar-refractivity contribution in [3.8, 4) is 22.5 Å². The lowest BCUT2D eigenvalue weighted by Crippen LogP contribution is -1.98. The van der Waals surface area contributed by atoms with Crippen molar-refractivity contribution >= 4 is 27.0 Å². The fraction of sp³-hybridized carbons (Fsp3) is 0.0909. The van der Waals surface area contributed by atoms with Gasteiger partial charge in [0.1, 0.15) is 0 Å². The van der Waals surface area contributed by atoms with E-state index in [1.807, 2.05) is 36.4 Å². The van der Waals surface area contributed by atoms with Crippen LogP contribution in [0.1, 0.15) is 11.1 Å². The van der Waals surface area contributed by atoms with E-state index in [0.717, 1.165) is 43.6 Å². The van der Waals surface area contributed by atoms with Crippen molar-refractivity contribution in [2.75, 3.05) is 0 Å². The Labute approximate surface area is 155 Å². The molecule has 1 aromatic heterocycles. The van der Waals surface area contributed by atoms with Crippen molar-refractivity contribution in [1.82, 2.24) is 9.97 Å². The summed E-state index contributed by atoms with van der Waals surface area (Å²) in [4.78, 5) is 10.0. The third-order valence-corrected chi connectivity index (χ3v) is 5.38. The Morgan fingerprint density at radius 3 is 1.76 bits per heavy atom. The van der Waals surface area contributed by atoms with Crippen LogP contribution in [0.4, 0.5) is 0 Å². The molecule has 0 unspecified atom stereocenters. The number of aromatic nitrogens is 2. The first-order valence-corrected chi connectivity index (χ1v) is 9.03. The van der Waals surface area contributed by atoms with Gasteiger partial charge in [0, 0.05) is 15.6 Å². The number of fused-ring (bicyclic) bond motifs is 1. The zero-order valence-corrected chi connectivity index (χ0v) is 15.7. The van der Waals surface area contributed by atoms with E-state index >= 15 is 0 Å². The molecular formula is C22H17BrN2. The maximum Gasteiger partial charge on any atom is 0.0973 e. The minimum Gasteiger partial charge on any atom is -0.244 e. The maximum absolute atomic E-state index is 5.04.